The molecule has 0 aliphatic carbocycles. The lowest BCUT2D eigenvalue weighted by Gasteiger charge is -2.34. The molecule has 1 rings (SSSR count). The summed E-state index contributed by atoms with van der Waals surface area (Å²) in [5, 5.41) is 0. The Hall–Kier alpha value is -0.350. The molecular formula is C20H35P. The number of hydrogen-bond donors (Lipinski definition) is 0. The van der Waals surface area contributed by atoms with Crippen molar-refractivity contribution in [3.05, 3.63) is 34.9 Å². The lowest BCUT2D eigenvalue weighted by Crippen LogP contribution is -2.20. The fourth-order valence-corrected chi connectivity index (χ4v) is 4.22. The van der Waals surface area contributed by atoms with Crippen molar-refractivity contribution < 1.29 is 0 Å². The van der Waals surface area contributed by atoms with E-state index in [1.165, 1.54) is 48.8 Å². The number of aryl methyl sites for hydroxylation is 2. The number of rotatable bonds is 9. The maximum Gasteiger partial charge on any atom is -0.000911 e. The minimum absolute atomic E-state index is 0.524. The lowest BCUT2D eigenvalue weighted by atomic mass is 9.74. The van der Waals surface area contributed by atoms with Crippen LogP contribution in [0.3, 0.4) is 0 Å². The van der Waals surface area contributed by atoms with E-state index in [4.69, 9.17) is 0 Å². The molecule has 2 atom stereocenters. The standard InChI is InChI=1S/C20H35P/c1-6-11-20(9-4,10-5)15-19(21)18-13-16(7-2)12-17(8-3)14-18/h12-14,19H,6-11,15,21H2,1-5H3. The van der Waals surface area contributed by atoms with Crippen molar-refractivity contribution in [1.29, 1.82) is 0 Å². The van der Waals surface area contributed by atoms with Crippen LogP contribution in [0.4, 0.5) is 0 Å². The molecule has 0 radical (unpaired) electrons. The summed E-state index contributed by atoms with van der Waals surface area (Å²) in [4.78, 5) is 0. The Morgan fingerprint density at radius 2 is 1.43 bits per heavy atom. The highest BCUT2D eigenvalue weighted by molar-refractivity contribution is 7.17. The summed E-state index contributed by atoms with van der Waals surface area (Å²) < 4.78 is 0. The normalized spacial score (nSPS) is 13.4. The van der Waals surface area contributed by atoms with Crippen LogP contribution in [-0.4, -0.2) is 0 Å². The van der Waals surface area contributed by atoms with E-state index in [1.807, 2.05) is 0 Å². The van der Waals surface area contributed by atoms with Crippen LogP contribution in [0.1, 0.15) is 89.1 Å². The van der Waals surface area contributed by atoms with E-state index >= 15 is 0 Å². The zero-order valence-electron chi connectivity index (χ0n) is 14.8. The SMILES string of the molecule is CCCC(CC)(CC)CC(P)c1cc(CC)cc(CC)c1. The van der Waals surface area contributed by atoms with Crippen molar-refractivity contribution in [3.63, 3.8) is 0 Å². The molecule has 1 aromatic rings. The van der Waals surface area contributed by atoms with E-state index < -0.39 is 0 Å². The Labute approximate surface area is 135 Å². The largest absolute Gasteiger partial charge is 0.130 e. The molecule has 0 aliphatic heterocycles. The third-order valence-electron chi connectivity index (χ3n) is 5.25. The van der Waals surface area contributed by atoms with Gasteiger partial charge in [0, 0.05) is 0 Å². The van der Waals surface area contributed by atoms with E-state index in [0.29, 0.717) is 11.1 Å². The molecule has 0 amide bonds. The van der Waals surface area contributed by atoms with Gasteiger partial charge in [-0.05, 0) is 53.4 Å². The molecule has 0 N–H and O–H groups in total. The van der Waals surface area contributed by atoms with Crippen molar-refractivity contribution in [3.8, 4) is 0 Å². The summed E-state index contributed by atoms with van der Waals surface area (Å²) >= 11 is 0. The van der Waals surface area contributed by atoms with Gasteiger partial charge in [0.25, 0.3) is 0 Å². The molecule has 21 heavy (non-hydrogen) atoms. The molecule has 2 unspecified atom stereocenters. The van der Waals surface area contributed by atoms with Gasteiger partial charge in [-0.2, -0.15) is 0 Å². The first-order chi connectivity index (χ1) is 10.0. The predicted octanol–water partition coefficient (Wildman–Crippen LogP) is 6.72. The van der Waals surface area contributed by atoms with Crippen molar-refractivity contribution in [2.75, 3.05) is 0 Å². The van der Waals surface area contributed by atoms with Crippen LogP contribution in [0.15, 0.2) is 18.2 Å². The summed E-state index contributed by atoms with van der Waals surface area (Å²) in [6, 6.07) is 7.23. The van der Waals surface area contributed by atoms with E-state index in [-0.39, 0.29) is 0 Å². The third-order valence-corrected chi connectivity index (χ3v) is 5.87. The molecule has 0 saturated carbocycles. The van der Waals surface area contributed by atoms with Crippen molar-refractivity contribution >= 4 is 9.24 Å². The number of hydrogen-bond acceptors (Lipinski definition) is 0. The number of benzene rings is 1. The van der Waals surface area contributed by atoms with Gasteiger partial charge in [-0.25, -0.2) is 0 Å². The van der Waals surface area contributed by atoms with Crippen LogP contribution in [0.5, 0.6) is 0 Å². The van der Waals surface area contributed by atoms with Crippen molar-refractivity contribution in [2.24, 2.45) is 5.41 Å². The summed E-state index contributed by atoms with van der Waals surface area (Å²) in [6.07, 6.45) is 8.84. The average Bonchev–Trinajstić information content (AvgIpc) is 2.53. The van der Waals surface area contributed by atoms with Crippen LogP contribution in [0.25, 0.3) is 0 Å². The van der Waals surface area contributed by atoms with Crippen LogP contribution in [0, 0.1) is 5.41 Å². The molecule has 0 aliphatic rings. The molecule has 0 saturated heterocycles. The fraction of sp³-hybridized carbons (Fsp3) is 0.700. The Morgan fingerprint density at radius 3 is 1.81 bits per heavy atom. The molecule has 0 bridgehead atoms. The van der Waals surface area contributed by atoms with Gasteiger partial charge in [0.2, 0.25) is 0 Å². The smallest absolute Gasteiger partial charge is 0.000911 e. The van der Waals surface area contributed by atoms with E-state index in [1.54, 1.807) is 0 Å². The maximum absolute atomic E-state index is 3.13. The van der Waals surface area contributed by atoms with Crippen LogP contribution in [0.2, 0.25) is 0 Å². The molecule has 1 aromatic carbocycles. The summed E-state index contributed by atoms with van der Waals surface area (Å²) in [6.45, 7) is 11.6. The highest BCUT2D eigenvalue weighted by Crippen LogP contribution is 2.44. The fourth-order valence-electron chi connectivity index (χ4n) is 3.52. The molecular weight excluding hydrogens is 271 g/mol. The van der Waals surface area contributed by atoms with Crippen LogP contribution in [-0.2, 0) is 12.8 Å². The second kappa shape index (κ2) is 8.94. The molecule has 120 valence electrons. The Morgan fingerprint density at radius 1 is 0.905 bits per heavy atom. The Bertz CT molecular complexity index is 396. The molecule has 0 heterocycles. The van der Waals surface area contributed by atoms with Gasteiger partial charge in [0.1, 0.15) is 0 Å². The zero-order valence-corrected chi connectivity index (χ0v) is 16.0. The molecule has 0 aromatic heterocycles. The maximum atomic E-state index is 3.13. The van der Waals surface area contributed by atoms with E-state index in [0.717, 1.165) is 12.8 Å². The Balaban J connectivity index is 2.98. The lowest BCUT2D eigenvalue weighted by molar-refractivity contribution is 0.214. The molecule has 0 nitrogen and oxygen atoms in total. The first-order valence-corrected chi connectivity index (χ1v) is 9.59. The highest BCUT2D eigenvalue weighted by atomic mass is 31.0. The van der Waals surface area contributed by atoms with Crippen molar-refractivity contribution in [2.45, 2.75) is 85.2 Å². The molecule has 0 fully saturated rings. The molecule has 0 spiro atoms. The highest BCUT2D eigenvalue weighted by Gasteiger charge is 2.28. The van der Waals surface area contributed by atoms with Gasteiger partial charge in [0.05, 0.1) is 0 Å². The second-order valence-corrected chi connectivity index (χ2v) is 7.36. The zero-order chi connectivity index (χ0) is 15.9. The van der Waals surface area contributed by atoms with Crippen LogP contribution < -0.4 is 0 Å². The van der Waals surface area contributed by atoms with Gasteiger partial charge in [0.15, 0.2) is 0 Å². The van der Waals surface area contributed by atoms with Crippen molar-refractivity contribution in [1.82, 2.24) is 0 Å². The summed E-state index contributed by atoms with van der Waals surface area (Å²) in [7, 11) is 3.13. The second-order valence-electron chi connectivity index (χ2n) is 6.56. The van der Waals surface area contributed by atoms with E-state index in [2.05, 4.69) is 62.1 Å². The minimum Gasteiger partial charge on any atom is -0.130 e. The van der Waals surface area contributed by atoms with Gasteiger partial charge >= 0.3 is 0 Å². The van der Waals surface area contributed by atoms with Crippen LogP contribution >= 0.6 is 9.24 Å². The topological polar surface area (TPSA) is 0 Å². The van der Waals surface area contributed by atoms with Gasteiger partial charge in [-0.3, -0.25) is 0 Å². The monoisotopic (exact) mass is 306 g/mol. The third kappa shape index (κ3) is 5.10. The predicted molar refractivity (Wildman–Crippen MR) is 100 cm³/mol. The molecule has 1 heteroatoms. The Kier molecular flexibility index (Phi) is 7.96. The first-order valence-electron chi connectivity index (χ1n) is 8.92. The summed E-state index contributed by atoms with van der Waals surface area (Å²) in [5.74, 6) is 0. The van der Waals surface area contributed by atoms with Gasteiger partial charge in [-0.15, -0.1) is 9.24 Å². The van der Waals surface area contributed by atoms with Gasteiger partial charge in [-0.1, -0.05) is 72.1 Å². The average molecular weight is 306 g/mol. The quantitative estimate of drug-likeness (QED) is 0.444. The van der Waals surface area contributed by atoms with Gasteiger partial charge < -0.3 is 0 Å². The van der Waals surface area contributed by atoms with E-state index in [9.17, 15) is 0 Å². The minimum atomic E-state index is 0.524. The summed E-state index contributed by atoms with van der Waals surface area (Å²) in [5.41, 5.74) is 5.62. The first kappa shape index (κ1) is 18.7.